The number of hydrogen-bond donors (Lipinski definition) is 3. The molecule has 3 aromatic rings. The third kappa shape index (κ3) is 3.78. The maximum Gasteiger partial charge on any atom is 0.417 e. The second kappa shape index (κ2) is 8.41. The van der Waals surface area contributed by atoms with Gasteiger partial charge in [0.15, 0.2) is 17.2 Å². The average Bonchev–Trinajstić information content (AvgIpc) is 3.33. The van der Waals surface area contributed by atoms with E-state index in [1.54, 1.807) is 0 Å². The topological polar surface area (TPSA) is 96.5 Å². The number of hydroxylamine groups is 1. The molecule has 1 amide bonds. The molecular weight excluding hydrogens is 484 g/mol. The fraction of sp³-hybridized carbons (Fsp3) is 0.364. The van der Waals surface area contributed by atoms with Gasteiger partial charge in [-0.15, -0.1) is 0 Å². The molecule has 3 N–H and O–H groups in total. The molecule has 188 valence electrons. The summed E-state index contributed by atoms with van der Waals surface area (Å²) in [5.41, 5.74) is -2.05. The number of methoxy groups -OCH3 is 1. The Kier molecular flexibility index (Phi) is 5.96. The van der Waals surface area contributed by atoms with Gasteiger partial charge in [0, 0.05) is 23.5 Å². The van der Waals surface area contributed by atoms with Gasteiger partial charge in [-0.2, -0.15) is 17.6 Å². The number of rotatable bonds is 4. The first-order valence-corrected chi connectivity index (χ1v) is 10.2. The van der Waals surface area contributed by atoms with Crippen LogP contribution in [-0.2, 0) is 4.74 Å². The Morgan fingerprint density at radius 3 is 2.51 bits per heavy atom. The van der Waals surface area contributed by atoms with E-state index in [4.69, 9.17) is 14.7 Å². The number of H-pyrrole nitrogens is 1. The number of alkyl halides is 3. The van der Waals surface area contributed by atoms with Gasteiger partial charge in [0.05, 0.1) is 23.7 Å². The van der Waals surface area contributed by atoms with Crippen molar-refractivity contribution in [1.29, 1.82) is 0 Å². The van der Waals surface area contributed by atoms with Crippen molar-refractivity contribution in [3.63, 3.8) is 0 Å². The van der Waals surface area contributed by atoms with Crippen molar-refractivity contribution in [3.8, 4) is 5.75 Å². The monoisotopic (exact) mass is 503 g/mol. The van der Waals surface area contributed by atoms with Crippen LogP contribution >= 0.6 is 0 Å². The minimum atomic E-state index is -4.85. The predicted molar refractivity (Wildman–Crippen MR) is 108 cm³/mol. The van der Waals surface area contributed by atoms with Gasteiger partial charge >= 0.3 is 6.18 Å². The van der Waals surface area contributed by atoms with Gasteiger partial charge < -0.3 is 14.5 Å². The molecule has 4 rings (SSSR count). The van der Waals surface area contributed by atoms with E-state index < -0.39 is 64.4 Å². The summed E-state index contributed by atoms with van der Waals surface area (Å²) in [6.45, 7) is 2.09. The minimum Gasteiger partial charge on any atom is -0.493 e. The predicted octanol–water partition coefficient (Wildman–Crippen LogP) is 4.92. The zero-order valence-electron chi connectivity index (χ0n) is 18.4. The SMILES string of the molecule is COc1c([C@H]2[C@H](c3nc4cc(C(=O)NO)c(F)cc4[nH]3)O[C@@](C)(C(F)(F)F)[C@H]2C)ccc(F)c1F. The van der Waals surface area contributed by atoms with Crippen LogP contribution in [0.4, 0.5) is 26.3 Å². The van der Waals surface area contributed by atoms with Crippen LogP contribution in [0.1, 0.15) is 47.6 Å². The minimum absolute atomic E-state index is 0.00661. The van der Waals surface area contributed by atoms with Crippen LogP contribution in [0.2, 0.25) is 0 Å². The number of aromatic nitrogens is 2. The summed E-state index contributed by atoms with van der Waals surface area (Å²) < 4.78 is 95.4. The van der Waals surface area contributed by atoms with Crippen LogP contribution in [-0.4, -0.2) is 40.0 Å². The zero-order valence-corrected chi connectivity index (χ0v) is 18.4. The maximum absolute atomic E-state index is 14.5. The highest BCUT2D eigenvalue weighted by atomic mass is 19.4. The molecule has 1 aliphatic heterocycles. The smallest absolute Gasteiger partial charge is 0.417 e. The molecule has 2 heterocycles. The zero-order chi connectivity index (χ0) is 25.9. The number of aromatic amines is 1. The van der Waals surface area contributed by atoms with Gasteiger partial charge in [-0.25, -0.2) is 19.2 Å². The van der Waals surface area contributed by atoms with E-state index in [1.807, 2.05) is 0 Å². The number of nitrogens with one attached hydrogen (secondary N) is 2. The van der Waals surface area contributed by atoms with Gasteiger partial charge in [0.1, 0.15) is 17.7 Å². The van der Waals surface area contributed by atoms with E-state index in [2.05, 4.69) is 9.97 Å². The Bertz CT molecular complexity index is 1310. The number of halogens is 6. The first-order valence-electron chi connectivity index (χ1n) is 10.2. The van der Waals surface area contributed by atoms with Crippen molar-refractivity contribution < 1.29 is 45.8 Å². The van der Waals surface area contributed by atoms with Crippen molar-refractivity contribution >= 4 is 16.9 Å². The quantitative estimate of drug-likeness (QED) is 0.267. The van der Waals surface area contributed by atoms with E-state index in [1.165, 1.54) is 12.4 Å². The molecular formula is C22H19F6N3O4. The number of hydrogen-bond acceptors (Lipinski definition) is 5. The van der Waals surface area contributed by atoms with Crippen molar-refractivity contribution in [2.24, 2.45) is 5.92 Å². The molecule has 13 heteroatoms. The van der Waals surface area contributed by atoms with Gasteiger partial charge in [-0.3, -0.25) is 10.0 Å². The number of benzene rings is 2. The van der Waals surface area contributed by atoms with Crippen molar-refractivity contribution in [1.82, 2.24) is 15.4 Å². The van der Waals surface area contributed by atoms with Crippen LogP contribution in [0.5, 0.6) is 5.75 Å². The van der Waals surface area contributed by atoms with Gasteiger partial charge in [-0.05, 0) is 19.1 Å². The number of carbonyl (C=O) groups is 1. The lowest BCUT2D eigenvalue weighted by Crippen LogP contribution is -2.46. The third-order valence-electron chi connectivity index (χ3n) is 6.52. The van der Waals surface area contributed by atoms with Crippen LogP contribution in [0.25, 0.3) is 11.0 Å². The first-order chi connectivity index (χ1) is 16.3. The van der Waals surface area contributed by atoms with Gasteiger partial charge in [-0.1, -0.05) is 13.0 Å². The van der Waals surface area contributed by atoms with Crippen molar-refractivity contribution in [2.45, 2.75) is 37.6 Å². The standard InChI is InChI=1S/C22H19F6N3O4/c1-8-15(9-4-5-11(23)16(25)17(9)34-3)18(35-21(8,2)22(26,27)28)19-29-13-6-10(20(32)31-33)12(24)7-14(13)30-19/h4-8,15,18,33H,1-3H3,(H,29,30)(H,31,32)/t8-,15-,18+,21+/m0/s1. The summed E-state index contributed by atoms with van der Waals surface area (Å²) >= 11 is 0. The van der Waals surface area contributed by atoms with E-state index in [-0.39, 0.29) is 22.4 Å². The number of amides is 1. The Balaban J connectivity index is 1.91. The molecule has 7 nitrogen and oxygen atoms in total. The lowest BCUT2D eigenvalue weighted by Gasteiger charge is -2.32. The second-order valence-electron chi connectivity index (χ2n) is 8.35. The van der Waals surface area contributed by atoms with Crippen molar-refractivity contribution in [2.75, 3.05) is 7.11 Å². The molecule has 0 radical (unpaired) electrons. The Hall–Kier alpha value is -3.32. The molecule has 0 bridgehead atoms. The normalized spacial score (nSPS) is 24.7. The molecule has 1 saturated heterocycles. The molecule has 0 aliphatic carbocycles. The first kappa shape index (κ1) is 24.8. The molecule has 0 spiro atoms. The number of imidazole rings is 1. The van der Waals surface area contributed by atoms with Crippen LogP contribution in [0.3, 0.4) is 0 Å². The Morgan fingerprint density at radius 1 is 1.23 bits per heavy atom. The van der Waals surface area contributed by atoms with Crippen LogP contribution < -0.4 is 10.2 Å². The summed E-state index contributed by atoms with van der Waals surface area (Å²) in [5, 5.41) is 8.79. The number of ether oxygens (including phenoxy) is 2. The number of carbonyl (C=O) groups excluding carboxylic acids is 1. The molecule has 1 fully saturated rings. The highest BCUT2D eigenvalue weighted by molar-refractivity contribution is 5.97. The summed E-state index contributed by atoms with van der Waals surface area (Å²) in [7, 11) is 1.05. The molecule has 2 aromatic carbocycles. The van der Waals surface area contributed by atoms with Crippen LogP contribution in [0.15, 0.2) is 24.3 Å². The van der Waals surface area contributed by atoms with Crippen LogP contribution in [0, 0.1) is 23.4 Å². The highest BCUT2D eigenvalue weighted by Crippen LogP contribution is 2.59. The molecule has 0 unspecified atom stereocenters. The highest BCUT2D eigenvalue weighted by Gasteiger charge is 2.65. The largest absolute Gasteiger partial charge is 0.493 e. The lowest BCUT2D eigenvalue weighted by molar-refractivity contribution is -0.275. The molecule has 1 aromatic heterocycles. The average molecular weight is 503 g/mol. The van der Waals surface area contributed by atoms with E-state index in [0.29, 0.717) is 0 Å². The summed E-state index contributed by atoms with van der Waals surface area (Å²) in [6, 6.07) is 3.76. The fourth-order valence-electron chi connectivity index (χ4n) is 4.47. The summed E-state index contributed by atoms with van der Waals surface area (Å²) in [4.78, 5) is 18.5. The molecule has 1 aliphatic rings. The van der Waals surface area contributed by atoms with E-state index in [0.717, 1.165) is 38.3 Å². The second-order valence-corrected chi connectivity index (χ2v) is 8.35. The summed E-state index contributed by atoms with van der Waals surface area (Å²) in [5.74, 6) is -8.11. The van der Waals surface area contributed by atoms with E-state index >= 15 is 0 Å². The third-order valence-corrected chi connectivity index (χ3v) is 6.52. The molecule has 4 atom stereocenters. The Labute approximate surface area is 194 Å². The number of fused-ring (bicyclic) bond motifs is 1. The lowest BCUT2D eigenvalue weighted by atomic mass is 9.77. The summed E-state index contributed by atoms with van der Waals surface area (Å²) in [6.07, 6.45) is -6.32. The van der Waals surface area contributed by atoms with Crippen molar-refractivity contribution in [3.05, 3.63) is 58.7 Å². The molecule has 35 heavy (non-hydrogen) atoms. The number of nitrogens with zero attached hydrogens (tertiary/aromatic N) is 1. The molecule has 0 saturated carbocycles. The fourth-order valence-corrected chi connectivity index (χ4v) is 4.47. The Morgan fingerprint density at radius 2 is 1.91 bits per heavy atom. The van der Waals surface area contributed by atoms with E-state index in [9.17, 15) is 31.1 Å². The van der Waals surface area contributed by atoms with Gasteiger partial charge in [0.25, 0.3) is 5.91 Å². The van der Waals surface area contributed by atoms with Gasteiger partial charge in [0.2, 0.25) is 5.82 Å². The maximum atomic E-state index is 14.5.